The zero-order valence-corrected chi connectivity index (χ0v) is 19.8. The van der Waals surface area contributed by atoms with Gasteiger partial charge in [-0.2, -0.15) is 27.8 Å². The molecule has 2 unspecified atom stereocenters. The van der Waals surface area contributed by atoms with Crippen LogP contribution in [-0.4, -0.2) is 46.8 Å². The van der Waals surface area contributed by atoms with Crippen molar-refractivity contribution in [2.45, 2.75) is 42.8 Å². The quantitative estimate of drug-likeness (QED) is 0.487. The van der Waals surface area contributed by atoms with Crippen LogP contribution in [0, 0.1) is 23.2 Å². The molecule has 190 valence electrons. The fourth-order valence-electron chi connectivity index (χ4n) is 4.68. The van der Waals surface area contributed by atoms with E-state index in [1.165, 1.54) is 30.5 Å². The highest BCUT2D eigenvalue weighted by Crippen LogP contribution is 2.43. The molecule has 5 rings (SSSR count). The van der Waals surface area contributed by atoms with E-state index in [-0.39, 0.29) is 41.7 Å². The summed E-state index contributed by atoms with van der Waals surface area (Å²) in [6.45, 7) is -0.785. The van der Waals surface area contributed by atoms with Crippen molar-refractivity contribution in [3.63, 3.8) is 0 Å². The van der Waals surface area contributed by atoms with E-state index >= 15 is 0 Å². The van der Waals surface area contributed by atoms with E-state index in [4.69, 9.17) is 0 Å². The summed E-state index contributed by atoms with van der Waals surface area (Å²) in [4.78, 5) is 15.1. The van der Waals surface area contributed by atoms with Crippen molar-refractivity contribution in [1.29, 1.82) is 5.26 Å². The molecule has 3 heterocycles. The predicted octanol–water partition coefficient (Wildman–Crippen LogP) is 3.91. The number of nitrogens with one attached hydrogen (secondary N) is 2. The van der Waals surface area contributed by atoms with Gasteiger partial charge in [-0.3, -0.25) is 9.48 Å². The first-order valence-corrected chi connectivity index (χ1v) is 12.9. The first-order valence-electron chi connectivity index (χ1n) is 11.5. The second kappa shape index (κ2) is 8.94. The number of nitriles is 1. The molecule has 3 aromatic rings. The number of fused-ring (bicyclic) bond motifs is 1. The number of benzene rings is 1. The Bertz CT molecular complexity index is 1490. The molecular weight excluding hydrogens is 497 g/mol. The van der Waals surface area contributed by atoms with Crippen LogP contribution in [0.25, 0.3) is 10.9 Å². The average Bonchev–Trinajstić information content (AvgIpc) is 3.40. The van der Waals surface area contributed by atoms with Crippen LogP contribution in [0.5, 0.6) is 0 Å². The van der Waals surface area contributed by atoms with Gasteiger partial charge in [-0.15, -0.1) is 0 Å². The van der Waals surface area contributed by atoms with E-state index in [2.05, 4.69) is 21.5 Å². The van der Waals surface area contributed by atoms with Gasteiger partial charge in [0, 0.05) is 25.0 Å². The van der Waals surface area contributed by atoms with Crippen molar-refractivity contribution in [2.24, 2.45) is 11.8 Å². The van der Waals surface area contributed by atoms with Gasteiger partial charge in [0.15, 0.2) is 5.82 Å². The fraction of sp³-hybridized carbons (Fsp3) is 0.435. The van der Waals surface area contributed by atoms with Gasteiger partial charge < -0.3 is 10.3 Å². The maximum Gasteiger partial charge on any atom is 0.393 e. The molecule has 13 heteroatoms. The molecule has 0 amide bonds. The molecule has 9 nitrogen and oxygen atoms in total. The van der Waals surface area contributed by atoms with Crippen molar-refractivity contribution in [2.75, 3.05) is 18.4 Å². The number of sulfonamides is 1. The Hall–Kier alpha value is -3.37. The lowest BCUT2D eigenvalue weighted by molar-refractivity contribution is -0.169. The molecule has 2 N–H and O–H groups in total. The van der Waals surface area contributed by atoms with Gasteiger partial charge in [0.2, 0.25) is 10.0 Å². The Labute approximate surface area is 204 Å². The molecule has 2 atom stereocenters. The third-order valence-electron chi connectivity index (χ3n) is 6.78. The number of anilines is 2. The van der Waals surface area contributed by atoms with Crippen LogP contribution < -0.4 is 10.9 Å². The van der Waals surface area contributed by atoms with Crippen LogP contribution in [-0.2, 0) is 10.0 Å². The summed E-state index contributed by atoms with van der Waals surface area (Å²) in [7, 11) is -4.08. The number of alkyl halides is 3. The fourth-order valence-corrected chi connectivity index (χ4v) is 6.18. The van der Waals surface area contributed by atoms with E-state index in [1.807, 2.05) is 0 Å². The summed E-state index contributed by atoms with van der Waals surface area (Å²) in [5.74, 6) is -1.10. The van der Waals surface area contributed by atoms with Gasteiger partial charge in [0.25, 0.3) is 5.56 Å². The molecule has 0 spiro atoms. The maximum absolute atomic E-state index is 13.0. The van der Waals surface area contributed by atoms with E-state index in [1.54, 1.807) is 10.7 Å². The molecule has 1 aliphatic carbocycles. The van der Waals surface area contributed by atoms with E-state index in [0.717, 1.165) is 17.1 Å². The minimum Gasteiger partial charge on any atom is -0.338 e. The highest BCUT2D eigenvalue weighted by molar-refractivity contribution is 7.89. The molecule has 1 aromatic carbocycles. The Morgan fingerprint density at radius 3 is 2.53 bits per heavy atom. The van der Waals surface area contributed by atoms with Crippen LogP contribution in [0.4, 0.5) is 24.7 Å². The van der Waals surface area contributed by atoms with Gasteiger partial charge >= 0.3 is 6.18 Å². The lowest BCUT2D eigenvalue weighted by Gasteiger charge is -2.18. The Balaban J connectivity index is 1.41. The highest BCUT2D eigenvalue weighted by atomic mass is 32.2. The number of hydrogen-bond acceptors (Lipinski definition) is 6. The van der Waals surface area contributed by atoms with Crippen molar-refractivity contribution >= 4 is 32.4 Å². The van der Waals surface area contributed by atoms with Gasteiger partial charge in [0.1, 0.15) is 5.39 Å². The van der Waals surface area contributed by atoms with Crippen molar-refractivity contribution < 1.29 is 21.6 Å². The normalized spacial score (nSPS) is 19.9. The number of aromatic amines is 1. The summed E-state index contributed by atoms with van der Waals surface area (Å²) in [6.07, 6.45) is -0.961. The van der Waals surface area contributed by atoms with Gasteiger partial charge in [-0.1, -0.05) is 0 Å². The smallest absolute Gasteiger partial charge is 0.338 e. The molecule has 2 aliphatic rings. The second-order valence-corrected chi connectivity index (χ2v) is 11.1. The van der Waals surface area contributed by atoms with Gasteiger partial charge in [-0.05, 0) is 55.5 Å². The summed E-state index contributed by atoms with van der Waals surface area (Å²) in [6, 6.07) is 9.31. The zero-order chi connectivity index (χ0) is 25.7. The number of nitrogens with zero attached hydrogens (tertiary/aromatic N) is 4. The molecule has 1 saturated carbocycles. The minimum atomic E-state index is -4.44. The first kappa shape index (κ1) is 24.3. The monoisotopic (exact) mass is 520 g/mol. The van der Waals surface area contributed by atoms with Crippen molar-refractivity contribution in [1.82, 2.24) is 19.1 Å². The maximum atomic E-state index is 13.0. The summed E-state index contributed by atoms with van der Waals surface area (Å²) in [5.41, 5.74) is 0.669. The standard InChI is InChI=1S/C23H23F3N6O3S/c24-23(25,26)15-9-12-31(13-15)36(34,35)17-5-3-16(4-6-17)29-21-20-19(8-11-28-22(20)33)32(30-21)18(7-10-27)14-1-2-14/h3-6,8,11,14-15,18H,1-2,7,9,12-13H2,(H,28,33)(H,29,30). The largest absolute Gasteiger partial charge is 0.393 e. The molecule has 0 bridgehead atoms. The molecule has 2 aromatic heterocycles. The zero-order valence-electron chi connectivity index (χ0n) is 19.0. The van der Waals surface area contributed by atoms with Crippen LogP contribution in [0.2, 0.25) is 0 Å². The number of pyridine rings is 1. The minimum absolute atomic E-state index is 0.119. The third kappa shape index (κ3) is 4.46. The van der Waals surface area contributed by atoms with E-state index < -0.39 is 28.7 Å². The second-order valence-electron chi connectivity index (χ2n) is 9.17. The summed E-state index contributed by atoms with van der Waals surface area (Å²) >= 11 is 0. The Morgan fingerprint density at radius 2 is 1.92 bits per heavy atom. The SMILES string of the molecule is N#CCC(C1CC1)n1nc(Nc2ccc(S(=O)(=O)N3CCC(C(F)(F)F)C3)cc2)c2c(=O)[nH]ccc21. The Kier molecular flexibility index (Phi) is 6.04. The Morgan fingerprint density at radius 1 is 1.19 bits per heavy atom. The molecule has 1 aliphatic heterocycles. The van der Waals surface area contributed by atoms with Crippen molar-refractivity contribution in [3.05, 3.63) is 46.9 Å². The number of aromatic nitrogens is 3. The van der Waals surface area contributed by atoms with Crippen LogP contribution in [0.15, 0.2) is 46.2 Å². The van der Waals surface area contributed by atoms with Crippen molar-refractivity contribution in [3.8, 4) is 6.07 Å². The molecule has 36 heavy (non-hydrogen) atoms. The van der Waals surface area contributed by atoms with Gasteiger partial charge in [0.05, 0.1) is 34.9 Å². The lowest BCUT2D eigenvalue weighted by Crippen LogP contribution is -2.32. The molecule has 0 radical (unpaired) electrons. The molecule has 1 saturated heterocycles. The highest BCUT2D eigenvalue weighted by Gasteiger charge is 2.46. The van der Waals surface area contributed by atoms with Crippen LogP contribution in [0.3, 0.4) is 0 Å². The van der Waals surface area contributed by atoms with Crippen LogP contribution in [0.1, 0.15) is 31.7 Å². The predicted molar refractivity (Wildman–Crippen MR) is 125 cm³/mol. The lowest BCUT2D eigenvalue weighted by atomic mass is 10.1. The average molecular weight is 521 g/mol. The number of halogens is 3. The van der Waals surface area contributed by atoms with E-state index in [0.29, 0.717) is 22.5 Å². The third-order valence-corrected chi connectivity index (χ3v) is 8.66. The number of H-pyrrole nitrogens is 1. The summed E-state index contributed by atoms with van der Waals surface area (Å²) in [5, 5.41) is 17.2. The first-order chi connectivity index (χ1) is 17.1. The number of hydrogen-bond donors (Lipinski definition) is 2. The number of rotatable bonds is 7. The van der Waals surface area contributed by atoms with Gasteiger partial charge in [-0.25, -0.2) is 8.42 Å². The molecule has 2 fully saturated rings. The molecular formula is C23H23F3N6O3S. The summed E-state index contributed by atoms with van der Waals surface area (Å²) < 4.78 is 67.2. The van der Waals surface area contributed by atoms with Crippen LogP contribution >= 0.6 is 0 Å². The topological polar surface area (TPSA) is 124 Å². The van der Waals surface area contributed by atoms with E-state index in [9.17, 15) is 31.6 Å².